The van der Waals surface area contributed by atoms with E-state index in [1.807, 2.05) is 12.1 Å². The van der Waals surface area contributed by atoms with Gasteiger partial charge in [-0.2, -0.15) is 4.98 Å². The van der Waals surface area contributed by atoms with Crippen LogP contribution in [0.4, 0.5) is 23.1 Å². The van der Waals surface area contributed by atoms with E-state index in [0.29, 0.717) is 40.8 Å². The average molecular weight is 548 g/mol. The number of nitrogens with one attached hydrogen (secondary N) is 3. The lowest BCUT2D eigenvalue weighted by Gasteiger charge is -2.43. The molecule has 40 heavy (non-hydrogen) atoms. The molecule has 4 atom stereocenters. The van der Waals surface area contributed by atoms with Gasteiger partial charge in [0.15, 0.2) is 5.82 Å². The molecule has 2 aliphatic carbocycles. The summed E-state index contributed by atoms with van der Waals surface area (Å²) in [5.41, 5.74) is 1.98. The summed E-state index contributed by atoms with van der Waals surface area (Å²) in [6.07, 6.45) is 10.2. The van der Waals surface area contributed by atoms with Crippen molar-refractivity contribution in [3.8, 4) is 5.75 Å². The smallest absolute Gasteiger partial charge is 0.251 e. The lowest BCUT2D eigenvalue weighted by molar-refractivity contribution is -0.120. The lowest BCUT2D eigenvalue weighted by Crippen LogP contribution is -2.55. The van der Waals surface area contributed by atoms with Crippen molar-refractivity contribution >= 4 is 35.0 Å². The predicted octanol–water partition coefficient (Wildman–Crippen LogP) is 3.85. The summed E-state index contributed by atoms with van der Waals surface area (Å²) in [4.78, 5) is 39.7. The molecule has 1 saturated heterocycles. The van der Waals surface area contributed by atoms with Crippen molar-refractivity contribution in [1.82, 2.24) is 20.6 Å². The molecule has 214 valence electrons. The molecule has 2 aliphatic heterocycles. The van der Waals surface area contributed by atoms with Gasteiger partial charge in [0.2, 0.25) is 11.9 Å². The van der Waals surface area contributed by atoms with Crippen molar-refractivity contribution in [2.24, 2.45) is 11.8 Å². The Balaban J connectivity index is 1.21. The van der Waals surface area contributed by atoms with E-state index in [-0.39, 0.29) is 23.9 Å². The highest BCUT2D eigenvalue weighted by Gasteiger charge is 2.41. The second-order valence-corrected chi connectivity index (χ2v) is 11.8. The van der Waals surface area contributed by atoms with Gasteiger partial charge in [-0.1, -0.05) is 19.8 Å². The number of carbonyl (C=O) groups excluding carboxylic acids is 2. The van der Waals surface area contributed by atoms with Crippen molar-refractivity contribution in [2.75, 3.05) is 42.4 Å². The SMILES string of the molecule is CCC1C(=O)N(C)c2cnc(Nc3ccc(C(=O)NC4CC5CCNCC5C4)cc3OC)nc2N1C1CCCC1. The Hall–Kier alpha value is -3.40. The Kier molecular flexibility index (Phi) is 7.53. The number of piperidine rings is 1. The molecule has 1 aromatic carbocycles. The molecule has 4 unspecified atom stereocenters. The lowest BCUT2D eigenvalue weighted by atomic mass is 9.90. The van der Waals surface area contributed by atoms with Gasteiger partial charge in [-0.05, 0) is 81.6 Å². The fraction of sp³-hybridized carbons (Fsp3) is 0.600. The summed E-state index contributed by atoms with van der Waals surface area (Å²) in [6.45, 7) is 4.19. The molecule has 0 bridgehead atoms. The minimum absolute atomic E-state index is 0.0722. The van der Waals surface area contributed by atoms with Gasteiger partial charge in [0.25, 0.3) is 5.91 Å². The van der Waals surface area contributed by atoms with Crippen LogP contribution in [0, 0.1) is 11.8 Å². The van der Waals surface area contributed by atoms with Gasteiger partial charge in [0.1, 0.15) is 17.5 Å². The molecule has 10 heteroatoms. The molecule has 6 rings (SSSR count). The molecule has 2 amide bonds. The van der Waals surface area contributed by atoms with Gasteiger partial charge < -0.3 is 30.5 Å². The number of aromatic nitrogens is 2. The standard InChI is InChI=1S/C30H41N7O3/c1-4-24-29(39)36(2)25-17-32-30(35-27(25)37(24)22-7-5-6-8-22)34-23-10-9-19(15-26(23)40-3)28(38)33-21-13-18-11-12-31-16-20(18)14-21/h9-10,15,17-18,20-22,24,31H,4-8,11-14,16H2,1-3H3,(H,33,38)(H,32,34,35). The summed E-state index contributed by atoms with van der Waals surface area (Å²) in [6, 6.07) is 5.71. The number of hydrogen-bond donors (Lipinski definition) is 3. The zero-order chi connectivity index (χ0) is 27.8. The molecule has 2 aromatic rings. The number of fused-ring (bicyclic) bond motifs is 2. The molecule has 3 heterocycles. The molecule has 0 radical (unpaired) electrons. The Morgan fingerprint density at radius 2 is 1.98 bits per heavy atom. The topological polar surface area (TPSA) is 112 Å². The summed E-state index contributed by atoms with van der Waals surface area (Å²) in [5.74, 6) is 3.15. The van der Waals surface area contributed by atoms with Gasteiger partial charge in [-0.15, -0.1) is 0 Å². The van der Waals surface area contributed by atoms with Crippen LogP contribution < -0.4 is 30.5 Å². The number of amides is 2. The molecule has 2 saturated carbocycles. The largest absolute Gasteiger partial charge is 0.495 e. The van der Waals surface area contributed by atoms with E-state index in [2.05, 4.69) is 32.8 Å². The zero-order valence-corrected chi connectivity index (χ0v) is 23.8. The summed E-state index contributed by atoms with van der Waals surface area (Å²) in [7, 11) is 3.40. The van der Waals surface area contributed by atoms with Gasteiger partial charge >= 0.3 is 0 Å². The number of ether oxygens (including phenoxy) is 1. The van der Waals surface area contributed by atoms with Crippen molar-refractivity contribution < 1.29 is 14.3 Å². The molecule has 10 nitrogen and oxygen atoms in total. The molecule has 1 aromatic heterocycles. The third-order valence-electron chi connectivity index (χ3n) is 9.40. The Bertz CT molecular complexity index is 1250. The van der Waals surface area contributed by atoms with E-state index < -0.39 is 0 Å². The first-order valence-electron chi connectivity index (χ1n) is 14.9. The number of methoxy groups -OCH3 is 1. The van der Waals surface area contributed by atoms with Crippen LogP contribution >= 0.6 is 0 Å². The van der Waals surface area contributed by atoms with Crippen molar-refractivity contribution in [3.63, 3.8) is 0 Å². The number of hydrogen-bond acceptors (Lipinski definition) is 8. The van der Waals surface area contributed by atoms with E-state index >= 15 is 0 Å². The summed E-state index contributed by atoms with van der Waals surface area (Å²) < 4.78 is 5.67. The minimum atomic E-state index is -0.226. The highest BCUT2D eigenvalue weighted by molar-refractivity contribution is 6.04. The molecule has 0 spiro atoms. The van der Waals surface area contributed by atoms with E-state index in [4.69, 9.17) is 9.72 Å². The van der Waals surface area contributed by atoms with E-state index in [0.717, 1.165) is 56.7 Å². The quantitative estimate of drug-likeness (QED) is 0.479. The summed E-state index contributed by atoms with van der Waals surface area (Å²) in [5, 5.41) is 10.0. The highest BCUT2D eigenvalue weighted by atomic mass is 16.5. The summed E-state index contributed by atoms with van der Waals surface area (Å²) >= 11 is 0. The maximum Gasteiger partial charge on any atom is 0.251 e. The van der Waals surface area contributed by atoms with Crippen LogP contribution in [0.3, 0.4) is 0 Å². The third kappa shape index (κ3) is 4.98. The maximum atomic E-state index is 13.2. The van der Waals surface area contributed by atoms with Crippen molar-refractivity contribution in [2.45, 2.75) is 76.4 Å². The Labute approximate surface area is 236 Å². The van der Waals surface area contributed by atoms with Crippen LogP contribution in [0.2, 0.25) is 0 Å². The van der Waals surface area contributed by atoms with Crippen molar-refractivity contribution in [3.05, 3.63) is 30.0 Å². The third-order valence-corrected chi connectivity index (χ3v) is 9.40. The number of rotatable bonds is 7. The number of benzene rings is 1. The van der Waals surface area contributed by atoms with Crippen LogP contribution in [0.15, 0.2) is 24.4 Å². The number of likely N-dealkylation sites (N-methyl/N-ethyl adjacent to an activating group) is 1. The first-order chi connectivity index (χ1) is 19.5. The number of carbonyl (C=O) groups is 2. The highest BCUT2D eigenvalue weighted by Crippen LogP contribution is 2.40. The predicted molar refractivity (Wildman–Crippen MR) is 155 cm³/mol. The Morgan fingerprint density at radius 3 is 2.73 bits per heavy atom. The van der Waals surface area contributed by atoms with Gasteiger partial charge in [0.05, 0.1) is 19.0 Å². The van der Waals surface area contributed by atoms with Crippen LogP contribution in [0.1, 0.15) is 68.6 Å². The van der Waals surface area contributed by atoms with E-state index in [1.54, 1.807) is 31.3 Å². The molecule has 3 fully saturated rings. The Morgan fingerprint density at radius 1 is 1.18 bits per heavy atom. The molecule has 4 aliphatic rings. The van der Waals surface area contributed by atoms with Gasteiger partial charge in [0, 0.05) is 24.7 Å². The number of nitrogens with zero attached hydrogens (tertiary/aromatic N) is 4. The van der Waals surface area contributed by atoms with Crippen LogP contribution in [0.5, 0.6) is 5.75 Å². The first kappa shape index (κ1) is 26.8. The van der Waals surface area contributed by atoms with Gasteiger partial charge in [-0.25, -0.2) is 4.98 Å². The fourth-order valence-corrected chi connectivity index (χ4v) is 7.28. The van der Waals surface area contributed by atoms with Crippen molar-refractivity contribution in [1.29, 1.82) is 0 Å². The molecular weight excluding hydrogens is 506 g/mol. The number of anilines is 4. The average Bonchev–Trinajstić information content (AvgIpc) is 3.65. The van der Waals surface area contributed by atoms with E-state index in [9.17, 15) is 9.59 Å². The van der Waals surface area contributed by atoms with Crippen LogP contribution in [-0.4, -0.2) is 67.2 Å². The molecular formula is C30H41N7O3. The van der Waals surface area contributed by atoms with Crippen LogP contribution in [-0.2, 0) is 4.79 Å². The zero-order valence-electron chi connectivity index (χ0n) is 23.8. The molecule has 3 N–H and O–H groups in total. The monoisotopic (exact) mass is 547 g/mol. The second kappa shape index (κ2) is 11.2. The van der Waals surface area contributed by atoms with Crippen LogP contribution in [0.25, 0.3) is 0 Å². The van der Waals surface area contributed by atoms with Gasteiger partial charge in [-0.3, -0.25) is 9.59 Å². The fourth-order valence-electron chi connectivity index (χ4n) is 7.28. The van der Waals surface area contributed by atoms with E-state index in [1.165, 1.54) is 19.3 Å². The normalized spacial score (nSPS) is 26.4. The maximum absolute atomic E-state index is 13.2. The minimum Gasteiger partial charge on any atom is -0.495 e. The second-order valence-electron chi connectivity index (χ2n) is 11.8. The first-order valence-corrected chi connectivity index (χ1v) is 14.9.